The lowest BCUT2D eigenvalue weighted by Gasteiger charge is -2.14. The van der Waals surface area contributed by atoms with Gasteiger partial charge in [-0.2, -0.15) is 0 Å². The van der Waals surface area contributed by atoms with Gasteiger partial charge in [0.15, 0.2) is 0 Å². The normalized spacial score (nSPS) is 12.4. The van der Waals surface area contributed by atoms with Crippen molar-refractivity contribution in [2.24, 2.45) is 5.73 Å². The highest BCUT2D eigenvalue weighted by molar-refractivity contribution is 5.37. The number of aryl methyl sites for hydroxylation is 1. The summed E-state index contributed by atoms with van der Waals surface area (Å²) in [7, 11) is 1.71. The Hall–Kier alpha value is -1.02. The van der Waals surface area contributed by atoms with E-state index in [1.54, 1.807) is 7.11 Å². The maximum atomic E-state index is 6.25. The highest BCUT2D eigenvalue weighted by Crippen LogP contribution is 2.25. The summed E-state index contributed by atoms with van der Waals surface area (Å²) >= 11 is 0. The van der Waals surface area contributed by atoms with Crippen molar-refractivity contribution in [3.63, 3.8) is 0 Å². The van der Waals surface area contributed by atoms with Gasteiger partial charge >= 0.3 is 0 Å². The fraction of sp³-hybridized carbons (Fsp3) is 0.647. The largest absolute Gasteiger partial charge is 0.496 e. The van der Waals surface area contributed by atoms with Gasteiger partial charge in [0.05, 0.1) is 7.11 Å². The van der Waals surface area contributed by atoms with E-state index in [1.807, 2.05) is 0 Å². The molecule has 0 saturated carbocycles. The average molecular weight is 263 g/mol. The van der Waals surface area contributed by atoms with Crippen molar-refractivity contribution >= 4 is 0 Å². The fourth-order valence-electron chi connectivity index (χ4n) is 2.38. The van der Waals surface area contributed by atoms with Crippen LogP contribution in [0.4, 0.5) is 0 Å². The molecule has 1 aromatic rings. The van der Waals surface area contributed by atoms with Gasteiger partial charge in [-0.15, -0.1) is 0 Å². The van der Waals surface area contributed by atoms with Gasteiger partial charge in [0.1, 0.15) is 5.75 Å². The third-order valence-electron chi connectivity index (χ3n) is 3.73. The highest BCUT2D eigenvalue weighted by Gasteiger charge is 2.08. The quantitative estimate of drug-likeness (QED) is 0.652. The second kappa shape index (κ2) is 8.98. The predicted octanol–water partition coefficient (Wildman–Crippen LogP) is 4.75. The van der Waals surface area contributed by atoms with Crippen LogP contribution in [-0.2, 0) is 0 Å². The summed E-state index contributed by atoms with van der Waals surface area (Å²) in [5.74, 6) is 0.941. The summed E-state index contributed by atoms with van der Waals surface area (Å²) in [6.07, 6.45) is 8.97. The maximum Gasteiger partial charge on any atom is 0.122 e. The van der Waals surface area contributed by atoms with Crippen LogP contribution in [-0.4, -0.2) is 7.11 Å². The predicted molar refractivity (Wildman–Crippen MR) is 82.7 cm³/mol. The van der Waals surface area contributed by atoms with Crippen LogP contribution in [0.3, 0.4) is 0 Å². The second-order valence-corrected chi connectivity index (χ2v) is 5.39. The van der Waals surface area contributed by atoms with Crippen molar-refractivity contribution in [2.45, 2.75) is 64.8 Å². The van der Waals surface area contributed by atoms with Crippen LogP contribution in [0.25, 0.3) is 0 Å². The molecule has 108 valence electrons. The first-order valence-corrected chi connectivity index (χ1v) is 7.59. The average Bonchev–Trinajstić information content (AvgIpc) is 2.43. The number of unbranched alkanes of at least 4 members (excludes halogenated alkanes) is 5. The lowest BCUT2D eigenvalue weighted by atomic mass is 9.99. The van der Waals surface area contributed by atoms with E-state index in [4.69, 9.17) is 10.5 Å². The van der Waals surface area contributed by atoms with Crippen molar-refractivity contribution in [2.75, 3.05) is 7.11 Å². The van der Waals surface area contributed by atoms with E-state index < -0.39 is 0 Å². The molecule has 1 aromatic carbocycles. The molecule has 0 aliphatic carbocycles. The summed E-state index contributed by atoms with van der Waals surface area (Å²) in [5.41, 5.74) is 8.61. The Morgan fingerprint density at radius 3 is 2.47 bits per heavy atom. The Balaban J connectivity index is 2.34. The van der Waals surface area contributed by atoms with Gasteiger partial charge in [0.2, 0.25) is 0 Å². The van der Waals surface area contributed by atoms with Crippen molar-refractivity contribution < 1.29 is 4.74 Å². The van der Waals surface area contributed by atoms with Crippen molar-refractivity contribution in [1.82, 2.24) is 0 Å². The number of rotatable bonds is 9. The summed E-state index contributed by atoms with van der Waals surface area (Å²) < 4.78 is 5.35. The molecule has 0 saturated heterocycles. The zero-order chi connectivity index (χ0) is 14.1. The molecule has 0 heterocycles. The molecule has 0 bridgehead atoms. The SMILES string of the molecule is CCCCCCCCC(N)c1ccc(C)c(OC)c1. The van der Waals surface area contributed by atoms with Crippen molar-refractivity contribution in [3.05, 3.63) is 29.3 Å². The number of hydrogen-bond donors (Lipinski definition) is 1. The minimum Gasteiger partial charge on any atom is -0.496 e. The fourth-order valence-corrected chi connectivity index (χ4v) is 2.38. The van der Waals surface area contributed by atoms with Crippen LogP contribution in [0.1, 0.15) is 69.0 Å². The van der Waals surface area contributed by atoms with Gasteiger partial charge in [-0.3, -0.25) is 0 Å². The summed E-state index contributed by atoms with van der Waals surface area (Å²) in [6, 6.07) is 6.44. The topological polar surface area (TPSA) is 35.2 Å². The van der Waals surface area contributed by atoms with Gasteiger partial charge in [-0.05, 0) is 30.5 Å². The Labute approximate surface area is 118 Å². The molecular weight excluding hydrogens is 234 g/mol. The summed E-state index contributed by atoms with van der Waals surface area (Å²) in [5, 5.41) is 0. The van der Waals surface area contributed by atoms with Gasteiger partial charge in [-0.25, -0.2) is 0 Å². The number of benzene rings is 1. The first kappa shape index (κ1) is 16.0. The number of hydrogen-bond acceptors (Lipinski definition) is 2. The maximum absolute atomic E-state index is 6.25. The molecule has 1 atom stereocenters. The van der Waals surface area contributed by atoms with Crippen LogP contribution in [0, 0.1) is 6.92 Å². The molecule has 0 aromatic heterocycles. The smallest absolute Gasteiger partial charge is 0.122 e. The standard InChI is InChI=1S/C17H29NO/c1-4-5-6-7-8-9-10-16(18)15-12-11-14(2)17(13-15)19-3/h11-13,16H,4-10,18H2,1-3H3. The van der Waals surface area contributed by atoms with E-state index in [-0.39, 0.29) is 6.04 Å². The second-order valence-electron chi connectivity index (χ2n) is 5.39. The monoisotopic (exact) mass is 263 g/mol. The van der Waals surface area contributed by atoms with Crippen molar-refractivity contribution in [3.8, 4) is 5.75 Å². The third-order valence-corrected chi connectivity index (χ3v) is 3.73. The van der Waals surface area contributed by atoms with E-state index in [0.29, 0.717) is 0 Å². The first-order chi connectivity index (χ1) is 9.19. The summed E-state index contributed by atoms with van der Waals surface area (Å²) in [4.78, 5) is 0. The molecule has 0 aliphatic heterocycles. The molecular formula is C17H29NO. The number of nitrogens with two attached hydrogens (primary N) is 1. The Morgan fingerprint density at radius 1 is 1.11 bits per heavy atom. The molecule has 2 heteroatoms. The molecule has 1 unspecified atom stereocenters. The number of methoxy groups -OCH3 is 1. The van der Waals surface area contributed by atoms with E-state index in [1.165, 1.54) is 44.1 Å². The van der Waals surface area contributed by atoms with Crippen LogP contribution in [0.5, 0.6) is 5.75 Å². The lowest BCUT2D eigenvalue weighted by molar-refractivity contribution is 0.410. The molecule has 0 amide bonds. The first-order valence-electron chi connectivity index (χ1n) is 7.59. The van der Waals surface area contributed by atoms with E-state index in [0.717, 1.165) is 17.7 Å². The minimum atomic E-state index is 0.140. The molecule has 0 aliphatic rings. The van der Waals surface area contributed by atoms with Crippen molar-refractivity contribution in [1.29, 1.82) is 0 Å². The van der Waals surface area contributed by atoms with E-state index in [2.05, 4.69) is 32.0 Å². The Morgan fingerprint density at radius 2 is 1.79 bits per heavy atom. The van der Waals surface area contributed by atoms with E-state index in [9.17, 15) is 0 Å². The van der Waals surface area contributed by atoms with Gasteiger partial charge < -0.3 is 10.5 Å². The minimum absolute atomic E-state index is 0.140. The van der Waals surface area contributed by atoms with E-state index >= 15 is 0 Å². The van der Waals surface area contributed by atoms with Gasteiger partial charge in [-0.1, -0.05) is 57.6 Å². The van der Waals surface area contributed by atoms with Crippen LogP contribution in [0.15, 0.2) is 18.2 Å². The zero-order valence-electron chi connectivity index (χ0n) is 12.7. The third kappa shape index (κ3) is 5.65. The summed E-state index contributed by atoms with van der Waals surface area (Å²) in [6.45, 7) is 4.31. The molecule has 19 heavy (non-hydrogen) atoms. The number of ether oxygens (including phenoxy) is 1. The molecule has 2 nitrogen and oxygen atoms in total. The molecule has 1 rings (SSSR count). The Kier molecular flexibility index (Phi) is 7.57. The molecule has 0 spiro atoms. The van der Waals surface area contributed by atoms with Gasteiger partial charge in [0, 0.05) is 6.04 Å². The van der Waals surface area contributed by atoms with Crippen LogP contribution in [0.2, 0.25) is 0 Å². The lowest BCUT2D eigenvalue weighted by Crippen LogP contribution is -2.10. The molecule has 0 radical (unpaired) electrons. The van der Waals surface area contributed by atoms with Crippen LogP contribution >= 0.6 is 0 Å². The molecule has 2 N–H and O–H groups in total. The highest BCUT2D eigenvalue weighted by atomic mass is 16.5. The Bertz CT molecular complexity index is 362. The zero-order valence-corrected chi connectivity index (χ0v) is 12.7. The van der Waals surface area contributed by atoms with Gasteiger partial charge in [0.25, 0.3) is 0 Å². The molecule has 0 fully saturated rings. The van der Waals surface area contributed by atoms with Crippen LogP contribution < -0.4 is 10.5 Å².